The van der Waals surface area contributed by atoms with Crippen LogP contribution in [0.3, 0.4) is 0 Å². The second-order valence-corrected chi connectivity index (χ2v) is 9.36. The minimum absolute atomic E-state index is 0.183. The molecular weight excluding hydrogens is 372 g/mol. The standard InChI is InChI=1S/C26H40N2O2/c1-5-6-16-26(28(3)4)17-14-21(15-18-26)25-23(12-9-10-19-30-20(2)29)22-11-7-8-13-24(22)27-25/h7-8,11,13,21,27H,5-6,9-10,12,14-19H2,1-4H3. The zero-order valence-corrected chi connectivity index (χ0v) is 19.4. The number of H-pyrrole nitrogens is 1. The molecule has 2 aromatic rings. The quantitative estimate of drug-likeness (QED) is 0.373. The molecule has 1 aliphatic rings. The second kappa shape index (κ2) is 10.5. The first-order chi connectivity index (χ1) is 14.5. The van der Waals surface area contributed by atoms with Gasteiger partial charge in [0.05, 0.1) is 6.61 Å². The van der Waals surface area contributed by atoms with Crippen LogP contribution in [0, 0.1) is 0 Å². The Balaban J connectivity index is 1.73. The number of rotatable bonds is 10. The molecule has 0 bridgehead atoms. The second-order valence-electron chi connectivity index (χ2n) is 9.36. The van der Waals surface area contributed by atoms with Crippen LogP contribution in [-0.4, -0.2) is 42.1 Å². The van der Waals surface area contributed by atoms with E-state index < -0.39 is 0 Å². The van der Waals surface area contributed by atoms with Crippen LogP contribution in [0.25, 0.3) is 10.9 Å². The number of carbonyl (C=O) groups is 1. The van der Waals surface area contributed by atoms with Gasteiger partial charge in [-0.2, -0.15) is 0 Å². The SMILES string of the molecule is CCCCC1(N(C)C)CCC(c2[nH]c3ccccc3c2CCCCOC(C)=O)CC1. The highest BCUT2D eigenvalue weighted by Gasteiger charge is 2.37. The number of aromatic amines is 1. The zero-order valence-electron chi connectivity index (χ0n) is 19.4. The first-order valence-electron chi connectivity index (χ1n) is 11.9. The fourth-order valence-electron chi connectivity index (χ4n) is 5.33. The number of unbranched alkanes of at least 4 members (excludes halogenated alkanes) is 2. The molecule has 0 spiro atoms. The van der Waals surface area contributed by atoms with Crippen molar-refractivity contribution >= 4 is 16.9 Å². The lowest BCUT2D eigenvalue weighted by Crippen LogP contribution is -2.46. The van der Waals surface area contributed by atoms with Gasteiger partial charge in [-0.3, -0.25) is 4.79 Å². The van der Waals surface area contributed by atoms with Crippen molar-refractivity contribution in [3.8, 4) is 0 Å². The van der Waals surface area contributed by atoms with Gasteiger partial charge in [-0.05, 0) is 83.0 Å². The van der Waals surface area contributed by atoms with Gasteiger partial charge in [0.25, 0.3) is 0 Å². The molecule has 30 heavy (non-hydrogen) atoms. The minimum atomic E-state index is -0.183. The van der Waals surface area contributed by atoms with Crippen molar-refractivity contribution in [3.63, 3.8) is 0 Å². The lowest BCUT2D eigenvalue weighted by Gasteiger charge is -2.45. The van der Waals surface area contributed by atoms with Gasteiger partial charge < -0.3 is 14.6 Å². The van der Waals surface area contributed by atoms with Crippen LogP contribution in [0.5, 0.6) is 0 Å². The molecule has 0 atom stereocenters. The highest BCUT2D eigenvalue weighted by molar-refractivity contribution is 5.84. The van der Waals surface area contributed by atoms with Gasteiger partial charge in [-0.1, -0.05) is 38.0 Å². The number of aryl methyl sites for hydroxylation is 1. The third kappa shape index (κ3) is 5.26. The summed E-state index contributed by atoms with van der Waals surface area (Å²) in [6.45, 7) is 4.31. The Morgan fingerprint density at radius 2 is 1.90 bits per heavy atom. The van der Waals surface area contributed by atoms with E-state index in [4.69, 9.17) is 4.74 Å². The zero-order chi connectivity index (χ0) is 21.6. The molecule has 0 saturated heterocycles. The molecule has 0 radical (unpaired) electrons. The van der Waals surface area contributed by atoms with E-state index >= 15 is 0 Å². The van der Waals surface area contributed by atoms with Crippen molar-refractivity contribution in [3.05, 3.63) is 35.5 Å². The molecule has 1 N–H and O–H groups in total. The average molecular weight is 413 g/mol. The average Bonchev–Trinajstić information content (AvgIpc) is 3.10. The van der Waals surface area contributed by atoms with E-state index in [2.05, 4.69) is 55.2 Å². The molecule has 4 nitrogen and oxygen atoms in total. The van der Waals surface area contributed by atoms with Crippen molar-refractivity contribution in [1.82, 2.24) is 9.88 Å². The predicted octanol–water partition coefficient (Wildman–Crippen LogP) is 6.20. The van der Waals surface area contributed by atoms with Crippen LogP contribution in [-0.2, 0) is 16.0 Å². The van der Waals surface area contributed by atoms with Crippen LogP contribution < -0.4 is 0 Å². The summed E-state index contributed by atoms with van der Waals surface area (Å²) in [6.07, 6.45) is 12.0. The molecular formula is C26H40N2O2. The van der Waals surface area contributed by atoms with E-state index in [1.165, 1.54) is 74.0 Å². The monoisotopic (exact) mass is 412 g/mol. The van der Waals surface area contributed by atoms with Crippen molar-refractivity contribution in [2.24, 2.45) is 0 Å². The lowest BCUT2D eigenvalue weighted by atomic mass is 9.71. The molecule has 1 fully saturated rings. The predicted molar refractivity (Wildman–Crippen MR) is 125 cm³/mol. The number of nitrogens with one attached hydrogen (secondary N) is 1. The largest absolute Gasteiger partial charge is 0.466 e. The smallest absolute Gasteiger partial charge is 0.302 e. The molecule has 1 aromatic carbocycles. The maximum Gasteiger partial charge on any atom is 0.302 e. The van der Waals surface area contributed by atoms with Crippen LogP contribution in [0.1, 0.15) is 88.8 Å². The highest BCUT2D eigenvalue weighted by Crippen LogP contribution is 2.44. The number of carbonyl (C=O) groups excluding carboxylic acids is 1. The summed E-state index contributed by atoms with van der Waals surface area (Å²) in [4.78, 5) is 17.3. The molecule has 0 unspecified atom stereocenters. The summed E-state index contributed by atoms with van der Waals surface area (Å²) < 4.78 is 5.12. The molecule has 4 heteroatoms. The molecule has 0 aliphatic heterocycles. The molecule has 1 aromatic heterocycles. The van der Waals surface area contributed by atoms with Crippen molar-refractivity contribution in [2.75, 3.05) is 20.7 Å². The molecule has 166 valence electrons. The van der Waals surface area contributed by atoms with Gasteiger partial charge in [-0.25, -0.2) is 0 Å². The minimum Gasteiger partial charge on any atom is -0.466 e. The Bertz CT molecular complexity index is 816. The van der Waals surface area contributed by atoms with E-state index in [0.717, 1.165) is 19.3 Å². The maximum atomic E-state index is 11.0. The van der Waals surface area contributed by atoms with E-state index in [9.17, 15) is 4.79 Å². The number of nitrogens with zero attached hydrogens (tertiary/aromatic N) is 1. The Labute approximate surface area is 182 Å². The van der Waals surface area contributed by atoms with Crippen LogP contribution >= 0.6 is 0 Å². The first-order valence-corrected chi connectivity index (χ1v) is 11.9. The van der Waals surface area contributed by atoms with Crippen LogP contribution in [0.15, 0.2) is 24.3 Å². The third-order valence-electron chi connectivity index (χ3n) is 7.24. The Kier molecular flexibility index (Phi) is 7.99. The van der Waals surface area contributed by atoms with Crippen molar-refractivity contribution < 1.29 is 9.53 Å². The van der Waals surface area contributed by atoms with Gasteiger partial charge in [-0.15, -0.1) is 0 Å². The summed E-state index contributed by atoms with van der Waals surface area (Å²) in [6, 6.07) is 8.72. The third-order valence-corrected chi connectivity index (χ3v) is 7.24. The normalized spacial score (nSPS) is 22.0. The highest BCUT2D eigenvalue weighted by atomic mass is 16.5. The van der Waals surface area contributed by atoms with Gasteiger partial charge in [0.2, 0.25) is 0 Å². The summed E-state index contributed by atoms with van der Waals surface area (Å²) >= 11 is 0. The summed E-state index contributed by atoms with van der Waals surface area (Å²) in [5, 5.41) is 1.37. The van der Waals surface area contributed by atoms with Crippen LogP contribution in [0.4, 0.5) is 0 Å². The first kappa shape index (κ1) is 22.9. The molecule has 1 aliphatic carbocycles. The molecule has 0 amide bonds. The van der Waals surface area contributed by atoms with E-state index in [-0.39, 0.29) is 5.97 Å². The molecule has 3 rings (SSSR count). The summed E-state index contributed by atoms with van der Waals surface area (Å²) in [7, 11) is 4.54. The number of aromatic nitrogens is 1. The fourth-order valence-corrected chi connectivity index (χ4v) is 5.33. The lowest BCUT2D eigenvalue weighted by molar-refractivity contribution is -0.141. The summed E-state index contributed by atoms with van der Waals surface area (Å²) in [5.74, 6) is 0.438. The number of para-hydroxylation sites is 1. The number of hydrogen-bond acceptors (Lipinski definition) is 3. The Morgan fingerprint density at radius 3 is 2.57 bits per heavy atom. The Hall–Kier alpha value is -1.81. The summed E-state index contributed by atoms with van der Waals surface area (Å²) in [5.41, 5.74) is 4.59. The van der Waals surface area contributed by atoms with Gasteiger partial charge >= 0.3 is 5.97 Å². The molecule has 1 saturated carbocycles. The van der Waals surface area contributed by atoms with Gasteiger partial charge in [0.1, 0.15) is 0 Å². The Morgan fingerprint density at radius 1 is 1.17 bits per heavy atom. The van der Waals surface area contributed by atoms with Crippen LogP contribution in [0.2, 0.25) is 0 Å². The molecule has 1 heterocycles. The van der Waals surface area contributed by atoms with Gasteiger partial charge in [0.15, 0.2) is 0 Å². The number of hydrogen-bond donors (Lipinski definition) is 1. The van der Waals surface area contributed by atoms with Crippen molar-refractivity contribution in [2.45, 2.75) is 89.5 Å². The van der Waals surface area contributed by atoms with E-state index in [0.29, 0.717) is 18.1 Å². The van der Waals surface area contributed by atoms with Crippen molar-refractivity contribution in [1.29, 1.82) is 0 Å². The van der Waals surface area contributed by atoms with E-state index in [1.54, 1.807) is 0 Å². The number of esters is 1. The number of benzene rings is 1. The number of fused-ring (bicyclic) bond motifs is 1. The topological polar surface area (TPSA) is 45.3 Å². The fraction of sp³-hybridized carbons (Fsp3) is 0.654. The van der Waals surface area contributed by atoms with Gasteiger partial charge in [0, 0.05) is 29.1 Å². The maximum absolute atomic E-state index is 11.0. The number of ether oxygens (including phenoxy) is 1. The van der Waals surface area contributed by atoms with E-state index in [1.807, 2.05) is 0 Å².